The topological polar surface area (TPSA) is 101 Å². The largest absolute Gasteiger partial charge is 0.284 e. The lowest BCUT2D eigenvalue weighted by Crippen LogP contribution is -2.17. The Kier molecular flexibility index (Phi) is 4.84. The van der Waals surface area contributed by atoms with Gasteiger partial charge in [0.25, 0.3) is 5.91 Å². The molecule has 7 nitrogen and oxygen atoms in total. The smallest absolute Gasteiger partial charge is 0.271 e. The number of carbonyl (C=O) groups excluding carboxylic acids is 1. The van der Waals surface area contributed by atoms with Crippen LogP contribution in [-0.4, -0.2) is 31.8 Å². The number of hydrazone groups is 1. The van der Waals surface area contributed by atoms with Gasteiger partial charge < -0.3 is 0 Å². The van der Waals surface area contributed by atoms with Gasteiger partial charge in [-0.05, 0) is 29.8 Å². The van der Waals surface area contributed by atoms with Gasteiger partial charge >= 0.3 is 0 Å². The van der Waals surface area contributed by atoms with Crippen LogP contribution >= 0.6 is 0 Å². The van der Waals surface area contributed by atoms with Crippen LogP contribution in [0.15, 0.2) is 53.9 Å². The Bertz CT molecular complexity index is 789. The summed E-state index contributed by atoms with van der Waals surface area (Å²) in [5, 5.41) is 3.83. The van der Waals surface area contributed by atoms with Crippen molar-refractivity contribution >= 4 is 27.8 Å². The molecular weight excluding hydrogens is 304 g/mol. The van der Waals surface area contributed by atoms with Crippen LogP contribution in [0, 0.1) is 0 Å². The Morgan fingerprint density at radius 2 is 1.95 bits per heavy atom. The number of hydrogen-bond donors (Lipinski definition) is 2. The number of nitrogens with one attached hydrogen (secondary N) is 2. The minimum absolute atomic E-state index is 0.357. The molecule has 0 saturated carbocycles. The van der Waals surface area contributed by atoms with E-state index in [1.165, 1.54) is 18.6 Å². The van der Waals surface area contributed by atoms with Crippen molar-refractivity contribution in [1.29, 1.82) is 0 Å². The summed E-state index contributed by atoms with van der Waals surface area (Å²) in [6.07, 6.45) is 5.52. The van der Waals surface area contributed by atoms with Gasteiger partial charge in [0.15, 0.2) is 0 Å². The number of hydrogen-bond acceptors (Lipinski definition) is 5. The van der Waals surface area contributed by atoms with Crippen molar-refractivity contribution in [3.05, 3.63) is 59.9 Å². The fourth-order valence-electron chi connectivity index (χ4n) is 1.63. The third kappa shape index (κ3) is 4.98. The van der Waals surface area contributed by atoms with Crippen molar-refractivity contribution in [2.75, 3.05) is 11.0 Å². The Hall–Kier alpha value is -2.74. The van der Waals surface area contributed by atoms with Gasteiger partial charge in [0, 0.05) is 23.6 Å². The molecule has 0 aliphatic heterocycles. The lowest BCUT2D eigenvalue weighted by molar-refractivity contribution is 0.0955. The normalized spacial score (nSPS) is 11.3. The number of aromatic nitrogens is 1. The molecule has 1 heterocycles. The Balaban J connectivity index is 2.02. The molecule has 0 spiro atoms. The molecule has 0 bridgehead atoms. The number of amides is 1. The van der Waals surface area contributed by atoms with Crippen LogP contribution in [0.5, 0.6) is 0 Å². The van der Waals surface area contributed by atoms with E-state index in [1.807, 2.05) is 0 Å². The maximum absolute atomic E-state index is 11.7. The van der Waals surface area contributed by atoms with Crippen LogP contribution < -0.4 is 10.1 Å². The molecule has 0 fully saturated rings. The maximum Gasteiger partial charge on any atom is 0.271 e. The summed E-state index contributed by atoms with van der Waals surface area (Å²) in [5.41, 5.74) is 3.89. The second-order valence-corrected chi connectivity index (χ2v) is 6.18. The highest BCUT2D eigenvalue weighted by atomic mass is 32.2. The fourth-order valence-corrected chi connectivity index (χ4v) is 2.18. The number of carbonyl (C=O) groups is 1. The van der Waals surface area contributed by atoms with Crippen molar-refractivity contribution in [1.82, 2.24) is 10.4 Å². The SMILES string of the molecule is CS(=O)(=O)Nc1cccc(/C=N/NC(=O)c2ccncc2)c1. The lowest BCUT2D eigenvalue weighted by atomic mass is 10.2. The number of benzene rings is 1. The molecular formula is C14H14N4O3S. The van der Waals surface area contributed by atoms with Crippen LogP contribution in [0.25, 0.3) is 0 Å². The summed E-state index contributed by atoms with van der Waals surface area (Å²) in [6.45, 7) is 0. The van der Waals surface area contributed by atoms with E-state index >= 15 is 0 Å². The van der Waals surface area contributed by atoms with Gasteiger partial charge in [-0.25, -0.2) is 13.8 Å². The zero-order valence-electron chi connectivity index (χ0n) is 11.7. The highest BCUT2D eigenvalue weighted by molar-refractivity contribution is 7.92. The van der Waals surface area contributed by atoms with Gasteiger partial charge in [-0.15, -0.1) is 0 Å². The van der Waals surface area contributed by atoms with E-state index in [4.69, 9.17) is 0 Å². The van der Waals surface area contributed by atoms with Crippen LogP contribution in [0.1, 0.15) is 15.9 Å². The second kappa shape index (κ2) is 6.81. The van der Waals surface area contributed by atoms with Crippen LogP contribution in [0.4, 0.5) is 5.69 Å². The average Bonchev–Trinajstić information content (AvgIpc) is 2.47. The molecule has 0 unspecified atom stereocenters. The van der Waals surface area contributed by atoms with Gasteiger partial charge in [-0.3, -0.25) is 14.5 Å². The molecule has 1 aromatic carbocycles. The third-order valence-corrected chi connectivity index (χ3v) is 3.12. The zero-order valence-corrected chi connectivity index (χ0v) is 12.5. The molecule has 0 saturated heterocycles. The Labute approximate surface area is 128 Å². The summed E-state index contributed by atoms with van der Waals surface area (Å²) < 4.78 is 24.7. The standard InChI is InChI=1S/C14H14N4O3S/c1-22(20,21)18-13-4-2-3-11(9-13)10-16-17-14(19)12-5-7-15-8-6-12/h2-10,18H,1H3,(H,17,19)/b16-10+. The Morgan fingerprint density at radius 3 is 2.64 bits per heavy atom. The van der Waals surface area contributed by atoms with Gasteiger partial charge in [0.2, 0.25) is 10.0 Å². The average molecular weight is 318 g/mol. The number of pyridine rings is 1. The molecule has 8 heteroatoms. The molecule has 0 aliphatic carbocycles. The predicted molar refractivity (Wildman–Crippen MR) is 84.2 cm³/mol. The summed E-state index contributed by atoms with van der Waals surface area (Å²) >= 11 is 0. The third-order valence-electron chi connectivity index (χ3n) is 2.51. The summed E-state index contributed by atoms with van der Waals surface area (Å²) in [6, 6.07) is 9.77. The molecule has 1 amide bonds. The van der Waals surface area contributed by atoms with Crippen LogP contribution in [0.3, 0.4) is 0 Å². The molecule has 0 aliphatic rings. The van der Waals surface area contributed by atoms with Crippen molar-refractivity contribution in [2.24, 2.45) is 5.10 Å². The van der Waals surface area contributed by atoms with E-state index < -0.39 is 10.0 Å². The highest BCUT2D eigenvalue weighted by Gasteiger charge is 2.03. The number of anilines is 1. The molecule has 2 aromatic rings. The Morgan fingerprint density at radius 1 is 1.23 bits per heavy atom. The van der Waals surface area contributed by atoms with Gasteiger partial charge in [0.05, 0.1) is 12.5 Å². The first-order valence-corrected chi connectivity index (χ1v) is 8.14. The first kappa shape index (κ1) is 15.6. The van der Waals surface area contributed by atoms with Crippen molar-refractivity contribution in [3.8, 4) is 0 Å². The van der Waals surface area contributed by atoms with Crippen molar-refractivity contribution in [3.63, 3.8) is 0 Å². The fraction of sp³-hybridized carbons (Fsp3) is 0.0714. The molecule has 0 atom stereocenters. The number of rotatable bonds is 5. The van der Waals surface area contributed by atoms with Crippen molar-refractivity contribution in [2.45, 2.75) is 0 Å². The van der Waals surface area contributed by atoms with E-state index in [9.17, 15) is 13.2 Å². The minimum Gasteiger partial charge on any atom is -0.284 e. The first-order valence-electron chi connectivity index (χ1n) is 6.25. The van der Waals surface area contributed by atoms with Crippen LogP contribution in [0.2, 0.25) is 0 Å². The van der Waals surface area contributed by atoms with Crippen LogP contribution in [-0.2, 0) is 10.0 Å². The molecule has 2 N–H and O–H groups in total. The number of nitrogens with zero attached hydrogens (tertiary/aromatic N) is 2. The summed E-state index contributed by atoms with van der Waals surface area (Å²) in [4.78, 5) is 15.6. The second-order valence-electron chi connectivity index (χ2n) is 4.43. The minimum atomic E-state index is -3.33. The van der Waals surface area contributed by atoms with E-state index in [1.54, 1.807) is 36.4 Å². The quantitative estimate of drug-likeness (QED) is 0.639. The van der Waals surface area contributed by atoms with Crippen molar-refractivity contribution < 1.29 is 13.2 Å². The van der Waals surface area contributed by atoms with Gasteiger partial charge in [0.1, 0.15) is 0 Å². The predicted octanol–water partition coefficient (Wildman–Crippen LogP) is 1.22. The van der Waals surface area contributed by atoms with E-state index in [-0.39, 0.29) is 5.91 Å². The molecule has 114 valence electrons. The zero-order chi connectivity index (χ0) is 16.0. The number of sulfonamides is 1. The van der Waals surface area contributed by atoms with E-state index in [0.717, 1.165) is 6.26 Å². The van der Waals surface area contributed by atoms with E-state index in [0.29, 0.717) is 16.8 Å². The monoisotopic (exact) mass is 318 g/mol. The molecule has 22 heavy (non-hydrogen) atoms. The van der Waals surface area contributed by atoms with Gasteiger partial charge in [-0.2, -0.15) is 5.10 Å². The maximum atomic E-state index is 11.7. The summed E-state index contributed by atoms with van der Waals surface area (Å²) in [5.74, 6) is -0.357. The van der Waals surface area contributed by atoms with E-state index in [2.05, 4.69) is 20.2 Å². The first-order chi connectivity index (χ1) is 10.4. The highest BCUT2D eigenvalue weighted by Crippen LogP contribution is 2.10. The molecule has 0 radical (unpaired) electrons. The van der Waals surface area contributed by atoms with Gasteiger partial charge in [-0.1, -0.05) is 12.1 Å². The lowest BCUT2D eigenvalue weighted by Gasteiger charge is -2.04. The summed E-state index contributed by atoms with van der Waals surface area (Å²) in [7, 11) is -3.33. The molecule has 1 aromatic heterocycles. The molecule has 2 rings (SSSR count).